The Labute approximate surface area is 131 Å². The van der Waals surface area contributed by atoms with Crippen molar-refractivity contribution in [1.82, 2.24) is 0 Å². The minimum atomic E-state index is -0.361. The summed E-state index contributed by atoms with van der Waals surface area (Å²) in [6, 6.07) is 7.23. The van der Waals surface area contributed by atoms with E-state index in [-0.39, 0.29) is 24.5 Å². The molecule has 0 bridgehead atoms. The minimum absolute atomic E-state index is 0.0356. The van der Waals surface area contributed by atoms with E-state index in [0.29, 0.717) is 18.9 Å². The molecule has 0 aliphatic carbocycles. The fraction of sp³-hybridized carbons (Fsp3) is 0.529. The highest BCUT2D eigenvalue weighted by Crippen LogP contribution is 2.31. The quantitative estimate of drug-likeness (QED) is 0.821. The topological polar surface area (TPSA) is 58.6 Å². The minimum Gasteiger partial charge on any atom is -0.464 e. The van der Waals surface area contributed by atoms with Crippen LogP contribution in [-0.2, 0) is 14.3 Å². The van der Waals surface area contributed by atoms with Gasteiger partial charge in [0.2, 0.25) is 5.91 Å². The molecule has 1 aromatic carbocycles. The van der Waals surface area contributed by atoms with Gasteiger partial charge in [-0.2, -0.15) is 0 Å². The van der Waals surface area contributed by atoms with Gasteiger partial charge in [0.05, 0.1) is 18.0 Å². The third-order valence-corrected chi connectivity index (χ3v) is 3.74. The molecule has 22 heavy (non-hydrogen) atoms. The van der Waals surface area contributed by atoms with Crippen molar-refractivity contribution in [3.8, 4) is 0 Å². The van der Waals surface area contributed by atoms with E-state index in [1.165, 1.54) is 4.90 Å². The number of esters is 1. The van der Waals surface area contributed by atoms with Gasteiger partial charge in [0, 0.05) is 0 Å². The molecule has 120 valence electrons. The summed E-state index contributed by atoms with van der Waals surface area (Å²) in [5.74, 6) is 0.0429. The highest BCUT2D eigenvalue weighted by molar-refractivity contribution is 6.07. The van der Waals surface area contributed by atoms with Crippen LogP contribution in [0.5, 0.6) is 0 Å². The van der Waals surface area contributed by atoms with E-state index in [0.717, 1.165) is 17.8 Å². The molecule has 1 amide bonds. The summed E-state index contributed by atoms with van der Waals surface area (Å²) < 4.78 is 5.23. The number of nitrogens with zero attached hydrogens (tertiary/aromatic N) is 1. The van der Waals surface area contributed by atoms with Crippen molar-refractivity contribution in [2.45, 2.75) is 39.7 Å². The number of hydrogen-bond acceptors (Lipinski definition) is 4. The van der Waals surface area contributed by atoms with Crippen LogP contribution in [0.15, 0.2) is 24.3 Å². The summed E-state index contributed by atoms with van der Waals surface area (Å²) in [7, 11) is 0. The predicted molar refractivity (Wildman–Crippen MR) is 86.9 cm³/mol. The molecule has 0 aromatic heterocycles. The number of nitrogens with one attached hydrogen (secondary N) is 1. The Balaban J connectivity index is 2.07. The predicted octanol–water partition coefficient (Wildman–Crippen LogP) is 2.81. The molecule has 1 atom stereocenters. The van der Waals surface area contributed by atoms with Crippen LogP contribution in [0.2, 0.25) is 0 Å². The van der Waals surface area contributed by atoms with Crippen LogP contribution in [0.4, 0.5) is 11.4 Å². The van der Waals surface area contributed by atoms with Gasteiger partial charge in [0.1, 0.15) is 12.6 Å². The number of benzene rings is 1. The van der Waals surface area contributed by atoms with Crippen molar-refractivity contribution in [3.05, 3.63) is 24.3 Å². The molecule has 5 heteroatoms. The van der Waals surface area contributed by atoms with Gasteiger partial charge in [-0.15, -0.1) is 0 Å². The van der Waals surface area contributed by atoms with Gasteiger partial charge in [-0.1, -0.05) is 32.9 Å². The molecule has 5 nitrogen and oxygen atoms in total. The lowest BCUT2D eigenvalue weighted by molar-refractivity contribution is -0.143. The number of ether oxygens (including phenoxy) is 1. The molecule has 0 saturated carbocycles. The molecule has 1 heterocycles. The van der Waals surface area contributed by atoms with E-state index < -0.39 is 0 Å². The molecular weight excluding hydrogens is 280 g/mol. The largest absolute Gasteiger partial charge is 0.464 e. The zero-order valence-electron chi connectivity index (χ0n) is 13.5. The lowest BCUT2D eigenvalue weighted by Crippen LogP contribution is -2.49. The van der Waals surface area contributed by atoms with Gasteiger partial charge >= 0.3 is 5.97 Å². The molecule has 0 fully saturated rings. The van der Waals surface area contributed by atoms with E-state index in [9.17, 15) is 9.59 Å². The molecule has 1 aliphatic rings. The summed E-state index contributed by atoms with van der Waals surface area (Å²) >= 11 is 0. The summed E-state index contributed by atoms with van der Waals surface area (Å²) in [4.78, 5) is 26.0. The molecule has 0 saturated heterocycles. The van der Waals surface area contributed by atoms with Crippen LogP contribution in [-0.4, -0.2) is 31.1 Å². The van der Waals surface area contributed by atoms with E-state index in [2.05, 4.69) is 19.2 Å². The number of carbonyl (C=O) groups is 2. The molecule has 1 unspecified atom stereocenters. The average molecular weight is 304 g/mol. The summed E-state index contributed by atoms with van der Waals surface area (Å²) in [6.07, 6.45) is 1.50. The third kappa shape index (κ3) is 3.78. The SMILES string of the molecule is CCC1Nc2ccccc2N(CC(=O)OCCC(C)C)C1=O. The third-order valence-electron chi connectivity index (χ3n) is 3.74. The van der Waals surface area contributed by atoms with Crippen LogP contribution in [0.1, 0.15) is 33.6 Å². The number of amides is 1. The number of rotatable bonds is 6. The van der Waals surface area contributed by atoms with Crippen molar-refractivity contribution >= 4 is 23.3 Å². The van der Waals surface area contributed by atoms with E-state index in [4.69, 9.17) is 4.74 Å². The van der Waals surface area contributed by atoms with Crippen LogP contribution >= 0.6 is 0 Å². The molecule has 2 rings (SSSR count). The van der Waals surface area contributed by atoms with Crippen LogP contribution in [0.25, 0.3) is 0 Å². The van der Waals surface area contributed by atoms with Crippen molar-refractivity contribution in [2.24, 2.45) is 5.92 Å². The molecule has 1 N–H and O–H groups in total. The van der Waals surface area contributed by atoms with Crippen molar-refractivity contribution in [3.63, 3.8) is 0 Å². The Morgan fingerprint density at radius 3 is 2.77 bits per heavy atom. The number of fused-ring (bicyclic) bond motifs is 1. The van der Waals surface area contributed by atoms with E-state index >= 15 is 0 Å². The molecule has 1 aromatic rings. The Morgan fingerprint density at radius 1 is 1.36 bits per heavy atom. The Bertz CT molecular complexity index is 542. The number of hydrogen-bond donors (Lipinski definition) is 1. The molecule has 0 spiro atoms. The maximum absolute atomic E-state index is 12.5. The average Bonchev–Trinajstić information content (AvgIpc) is 2.49. The highest BCUT2D eigenvalue weighted by atomic mass is 16.5. The fourth-order valence-corrected chi connectivity index (χ4v) is 2.41. The number of anilines is 2. The maximum Gasteiger partial charge on any atom is 0.326 e. The molecule has 1 aliphatic heterocycles. The van der Waals surface area contributed by atoms with E-state index in [1.807, 2.05) is 31.2 Å². The van der Waals surface area contributed by atoms with Gasteiger partial charge in [-0.25, -0.2) is 0 Å². The van der Waals surface area contributed by atoms with Gasteiger partial charge in [-0.3, -0.25) is 14.5 Å². The first-order chi connectivity index (χ1) is 10.5. The lowest BCUT2D eigenvalue weighted by Gasteiger charge is -2.34. The second-order valence-electron chi connectivity index (χ2n) is 5.95. The summed E-state index contributed by atoms with van der Waals surface area (Å²) in [6.45, 7) is 6.47. The molecule has 0 radical (unpaired) electrons. The summed E-state index contributed by atoms with van der Waals surface area (Å²) in [5, 5.41) is 3.21. The van der Waals surface area contributed by atoms with Gasteiger partial charge in [-0.05, 0) is 30.9 Å². The van der Waals surface area contributed by atoms with Crippen LogP contribution in [0, 0.1) is 5.92 Å². The maximum atomic E-state index is 12.5. The lowest BCUT2D eigenvalue weighted by atomic mass is 10.1. The van der Waals surface area contributed by atoms with Crippen LogP contribution in [0.3, 0.4) is 0 Å². The first-order valence-corrected chi connectivity index (χ1v) is 7.85. The second-order valence-corrected chi connectivity index (χ2v) is 5.95. The Morgan fingerprint density at radius 2 is 2.09 bits per heavy atom. The Hall–Kier alpha value is -2.04. The van der Waals surface area contributed by atoms with Gasteiger partial charge in [0.15, 0.2) is 0 Å². The van der Waals surface area contributed by atoms with Crippen LogP contribution < -0.4 is 10.2 Å². The zero-order chi connectivity index (χ0) is 16.1. The van der Waals surface area contributed by atoms with Gasteiger partial charge in [0.25, 0.3) is 0 Å². The standard InChI is InChI=1S/C17H24N2O3/c1-4-13-17(21)19(11-16(20)22-10-9-12(2)3)15-8-6-5-7-14(15)18-13/h5-8,12-13,18H,4,9-11H2,1-3H3. The fourth-order valence-electron chi connectivity index (χ4n) is 2.41. The monoisotopic (exact) mass is 304 g/mol. The smallest absolute Gasteiger partial charge is 0.326 e. The first kappa shape index (κ1) is 16.3. The van der Waals surface area contributed by atoms with Crippen molar-refractivity contribution in [2.75, 3.05) is 23.4 Å². The highest BCUT2D eigenvalue weighted by Gasteiger charge is 2.32. The Kier molecular flexibility index (Phi) is 5.41. The second kappa shape index (κ2) is 7.29. The molecular formula is C17H24N2O3. The van der Waals surface area contributed by atoms with E-state index in [1.54, 1.807) is 0 Å². The number of carbonyl (C=O) groups excluding carboxylic acids is 2. The zero-order valence-corrected chi connectivity index (χ0v) is 13.5. The normalized spacial score (nSPS) is 17.2. The van der Waals surface area contributed by atoms with Gasteiger partial charge < -0.3 is 10.1 Å². The van der Waals surface area contributed by atoms with Crippen molar-refractivity contribution in [1.29, 1.82) is 0 Å². The number of para-hydroxylation sites is 2. The first-order valence-electron chi connectivity index (χ1n) is 7.85. The van der Waals surface area contributed by atoms with Crippen molar-refractivity contribution < 1.29 is 14.3 Å². The summed E-state index contributed by atoms with van der Waals surface area (Å²) in [5.41, 5.74) is 1.61.